The number of fused-ring (bicyclic) bond motifs is 1. The third kappa shape index (κ3) is 4.35. The Labute approximate surface area is 177 Å². The molecular weight excluding hydrogens is 412 g/mol. The molecule has 152 valence electrons. The molecule has 1 aromatic carbocycles. The predicted molar refractivity (Wildman–Crippen MR) is 121 cm³/mol. The molecule has 0 atom stereocenters. The van der Waals surface area contributed by atoms with Gasteiger partial charge in [-0.15, -0.1) is 0 Å². The smallest absolute Gasteiger partial charge is 0.137 e. The molecule has 1 N–H and O–H groups in total. The second-order valence-corrected chi connectivity index (χ2v) is 9.49. The second kappa shape index (κ2) is 8.66. The summed E-state index contributed by atoms with van der Waals surface area (Å²) in [4.78, 5) is 11.7. The van der Waals surface area contributed by atoms with Gasteiger partial charge in [-0.25, -0.2) is 9.97 Å². The van der Waals surface area contributed by atoms with E-state index in [9.17, 15) is 0 Å². The number of halogens is 1. The van der Waals surface area contributed by atoms with Crippen LogP contribution < -0.4 is 5.32 Å². The fourth-order valence-corrected chi connectivity index (χ4v) is 5.32. The van der Waals surface area contributed by atoms with Gasteiger partial charge in [0.2, 0.25) is 0 Å². The molecule has 2 saturated carbocycles. The number of nitrogens with one attached hydrogen (secondary N) is 1. The van der Waals surface area contributed by atoms with E-state index in [4.69, 9.17) is 0 Å². The van der Waals surface area contributed by atoms with E-state index < -0.39 is 0 Å². The highest BCUT2D eigenvalue weighted by molar-refractivity contribution is 9.10. The lowest BCUT2D eigenvalue weighted by Crippen LogP contribution is -2.45. The van der Waals surface area contributed by atoms with Gasteiger partial charge in [-0.05, 0) is 88.1 Å². The molecule has 0 bridgehead atoms. The highest BCUT2D eigenvalue weighted by Crippen LogP contribution is 2.54. The van der Waals surface area contributed by atoms with Crippen LogP contribution in [-0.2, 0) is 0 Å². The van der Waals surface area contributed by atoms with Gasteiger partial charge in [0.1, 0.15) is 12.1 Å². The van der Waals surface area contributed by atoms with Crippen molar-refractivity contribution in [2.45, 2.75) is 77.3 Å². The molecule has 1 aliphatic heterocycles. The Bertz CT molecular complexity index is 786. The van der Waals surface area contributed by atoms with Crippen molar-refractivity contribution < 1.29 is 0 Å². The summed E-state index contributed by atoms with van der Waals surface area (Å²) in [5, 5.41) is 4.81. The Hall–Kier alpha value is -1.20. The molecule has 1 aromatic heterocycles. The van der Waals surface area contributed by atoms with Crippen molar-refractivity contribution >= 4 is 32.7 Å². The number of anilines is 1. The fraction of sp³-hybridized carbons (Fsp3) is 0.652. The number of aromatic nitrogens is 2. The van der Waals surface area contributed by atoms with Crippen LogP contribution in [0.3, 0.4) is 0 Å². The summed E-state index contributed by atoms with van der Waals surface area (Å²) in [7, 11) is 0. The highest BCUT2D eigenvalue weighted by Gasteiger charge is 2.45. The van der Waals surface area contributed by atoms with Crippen LogP contribution in [0.2, 0.25) is 0 Å². The van der Waals surface area contributed by atoms with E-state index in [2.05, 4.69) is 42.2 Å². The zero-order chi connectivity index (χ0) is 19.6. The maximum absolute atomic E-state index is 4.52. The van der Waals surface area contributed by atoms with Crippen LogP contribution in [0.1, 0.15) is 65.2 Å². The van der Waals surface area contributed by atoms with Crippen molar-refractivity contribution in [3.05, 3.63) is 29.0 Å². The molecule has 0 amide bonds. The summed E-state index contributed by atoms with van der Waals surface area (Å²) in [6.45, 7) is 6.68. The van der Waals surface area contributed by atoms with Gasteiger partial charge in [0.25, 0.3) is 0 Å². The van der Waals surface area contributed by atoms with E-state index in [0.29, 0.717) is 6.04 Å². The summed E-state index contributed by atoms with van der Waals surface area (Å²) in [5.41, 5.74) is 1.79. The van der Waals surface area contributed by atoms with E-state index in [-0.39, 0.29) is 0 Å². The summed E-state index contributed by atoms with van der Waals surface area (Å²) >= 11 is 3.57. The van der Waals surface area contributed by atoms with E-state index >= 15 is 0 Å². The number of hydrogen-bond acceptors (Lipinski definition) is 4. The lowest BCUT2D eigenvalue weighted by Gasteiger charge is -2.41. The topological polar surface area (TPSA) is 41.1 Å². The number of benzene rings is 1. The standard InChI is InChI=1S/C21H27BrN4.C2H6/c22-15-1-6-19-18(13-15)20(24-14-23-19)25-16-2-4-17(5-3-16)26-11-9-21(7-8-21)10-12-26;1-2/h1,6,13-14,16-17H,2-5,7-12H2,(H,23,24,25);1-2H3. The lowest BCUT2D eigenvalue weighted by atomic mass is 9.86. The van der Waals surface area contributed by atoms with Crippen LogP contribution in [0.15, 0.2) is 29.0 Å². The van der Waals surface area contributed by atoms with Gasteiger partial charge < -0.3 is 10.2 Å². The number of likely N-dealkylation sites (tertiary alicyclic amines) is 1. The third-order valence-corrected chi connectivity index (χ3v) is 7.46. The maximum Gasteiger partial charge on any atom is 0.137 e. The lowest BCUT2D eigenvalue weighted by molar-refractivity contribution is 0.0975. The van der Waals surface area contributed by atoms with Crippen LogP contribution in [0.25, 0.3) is 10.9 Å². The molecule has 3 fully saturated rings. The van der Waals surface area contributed by atoms with Gasteiger partial charge in [0.05, 0.1) is 5.52 Å². The maximum atomic E-state index is 4.52. The van der Waals surface area contributed by atoms with Crippen LogP contribution in [0.4, 0.5) is 5.82 Å². The zero-order valence-electron chi connectivity index (χ0n) is 17.3. The molecule has 1 spiro atoms. The van der Waals surface area contributed by atoms with E-state index in [1.165, 1.54) is 64.5 Å². The average molecular weight is 445 g/mol. The Morgan fingerprint density at radius 2 is 1.71 bits per heavy atom. The average Bonchev–Trinajstić information content (AvgIpc) is 3.50. The van der Waals surface area contributed by atoms with Crippen LogP contribution in [-0.4, -0.2) is 40.0 Å². The van der Waals surface area contributed by atoms with Crippen LogP contribution >= 0.6 is 15.9 Å². The number of hydrogen-bond donors (Lipinski definition) is 1. The minimum atomic E-state index is 0.530. The zero-order valence-corrected chi connectivity index (χ0v) is 18.8. The highest BCUT2D eigenvalue weighted by atomic mass is 79.9. The monoisotopic (exact) mass is 444 g/mol. The summed E-state index contributed by atoms with van der Waals surface area (Å²) in [6.07, 6.45) is 12.7. The summed E-state index contributed by atoms with van der Waals surface area (Å²) < 4.78 is 1.07. The van der Waals surface area contributed by atoms with Crippen molar-refractivity contribution in [3.8, 4) is 0 Å². The molecule has 3 aliphatic rings. The van der Waals surface area contributed by atoms with Crippen molar-refractivity contribution in [2.75, 3.05) is 18.4 Å². The summed E-state index contributed by atoms with van der Waals surface area (Å²) in [5.74, 6) is 0.980. The first kappa shape index (κ1) is 20.1. The molecule has 5 heteroatoms. The molecule has 0 radical (unpaired) electrons. The van der Waals surface area contributed by atoms with Gasteiger partial charge >= 0.3 is 0 Å². The first-order chi connectivity index (χ1) is 13.7. The normalized spacial score (nSPS) is 26.5. The Morgan fingerprint density at radius 3 is 2.39 bits per heavy atom. The van der Waals surface area contributed by atoms with E-state index in [1.54, 1.807) is 6.33 Å². The Morgan fingerprint density at radius 1 is 1.00 bits per heavy atom. The molecule has 2 aromatic rings. The third-order valence-electron chi connectivity index (χ3n) is 6.97. The Kier molecular flexibility index (Phi) is 6.21. The van der Waals surface area contributed by atoms with Gasteiger partial charge in [0.15, 0.2) is 0 Å². The SMILES string of the molecule is Brc1ccc2ncnc(NC3CCC(N4CCC5(CC4)CC5)CC3)c2c1.CC. The van der Waals surface area contributed by atoms with Crippen molar-refractivity contribution in [1.29, 1.82) is 0 Å². The fourth-order valence-electron chi connectivity index (χ4n) is 4.96. The minimum absolute atomic E-state index is 0.530. The van der Waals surface area contributed by atoms with Crippen molar-refractivity contribution in [3.63, 3.8) is 0 Å². The number of nitrogens with zero attached hydrogens (tertiary/aromatic N) is 3. The first-order valence-corrected chi connectivity index (χ1v) is 11.9. The van der Waals surface area contributed by atoms with Crippen molar-refractivity contribution in [2.24, 2.45) is 5.41 Å². The van der Waals surface area contributed by atoms with Gasteiger partial charge in [-0.1, -0.05) is 29.8 Å². The second-order valence-electron chi connectivity index (χ2n) is 8.57. The molecule has 2 heterocycles. The van der Waals surface area contributed by atoms with Gasteiger partial charge in [-0.3, -0.25) is 0 Å². The van der Waals surface area contributed by atoms with Gasteiger partial charge in [0, 0.05) is 21.9 Å². The van der Waals surface area contributed by atoms with Crippen LogP contribution in [0, 0.1) is 5.41 Å². The van der Waals surface area contributed by atoms with E-state index in [1.807, 2.05) is 26.0 Å². The largest absolute Gasteiger partial charge is 0.367 e. The molecule has 2 aliphatic carbocycles. The first-order valence-electron chi connectivity index (χ1n) is 11.1. The molecule has 5 rings (SSSR count). The quantitative estimate of drug-likeness (QED) is 0.628. The Balaban J connectivity index is 0.000000932. The molecule has 4 nitrogen and oxygen atoms in total. The predicted octanol–water partition coefficient (Wildman–Crippen LogP) is 6.02. The molecule has 1 saturated heterocycles. The van der Waals surface area contributed by atoms with Crippen molar-refractivity contribution in [1.82, 2.24) is 14.9 Å². The van der Waals surface area contributed by atoms with Gasteiger partial charge in [-0.2, -0.15) is 0 Å². The summed E-state index contributed by atoms with van der Waals surface area (Å²) in [6, 6.07) is 7.54. The number of piperidine rings is 1. The molecular formula is C23H33BrN4. The number of rotatable bonds is 3. The van der Waals surface area contributed by atoms with Crippen LogP contribution in [0.5, 0.6) is 0 Å². The molecule has 0 unspecified atom stereocenters. The molecule has 28 heavy (non-hydrogen) atoms. The van der Waals surface area contributed by atoms with E-state index in [0.717, 1.165) is 32.7 Å². The minimum Gasteiger partial charge on any atom is -0.367 e.